The van der Waals surface area contributed by atoms with Crippen molar-refractivity contribution in [3.8, 4) is 17.4 Å². The SMILES string of the molecule is COc1ccc(Cn2nc3c(Oc4ccc(Cl)cc4)nccn3c2=O)cc1F. The highest BCUT2D eigenvalue weighted by Crippen LogP contribution is 2.24. The Bertz CT molecular complexity index is 1200. The van der Waals surface area contributed by atoms with E-state index in [1.165, 1.54) is 40.7 Å². The zero-order valence-corrected chi connectivity index (χ0v) is 15.4. The molecule has 0 atom stereocenters. The van der Waals surface area contributed by atoms with Crippen LogP contribution in [0.25, 0.3) is 5.65 Å². The second kappa shape index (κ2) is 7.32. The summed E-state index contributed by atoms with van der Waals surface area (Å²) in [5.41, 5.74) is 0.419. The number of aromatic nitrogens is 4. The number of nitrogens with zero attached hydrogens (tertiary/aromatic N) is 4. The molecule has 0 saturated carbocycles. The molecule has 0 bridgehead atoms. The molecule has 2 heterocycles. The van der Waals surface area contributed by atoms with Crippen LogP contribution in [0.15, 0.2) is 59.7 Å². The molecule has 0 saturated heterocycles. The maximum Gasteiger partial charge on any atom is 0.350 e. The molecule has 0 fully saturated rings. The van der Waals surface area contributed by atoms with E-state index >= 15 is 0 Å². The first-order valence-electron chi connectivity index (χ1n) is 8.25. The first-order chi connectivity index (χ1) is 13.5. The second-order valence-electron chi connectivity index (χ2n) is 5.89. The Labute approximate surface area is 163 Å². The van der Waals surface area contributed by atoms with Gasteiger partial charge < -0.3 is 9.47 Å². The van der Waals surface area contributed by atoms with Crippen molar-refractivity contribution in [3.05, 3.63) is 81.7 Å². The molecule has 28 heavy (non-hydrogen) atoms. The minimum Gasteiger partial charge on any atom is -0.494 e. The van der Waals surface area contributed by atoms with Gasteiger partial charge in [-0.05, 0) is 42.0 Å². The number of methoxy groups -OCH3 is 1. The monoisotopic (exact) mass is 400 g/mol. The average molecular weight is 401 g/mol. The molecule has 0 amide bonds. The summed E-state index contributed by atoms with van der Waals surface area (Å²) in [6.07, 6.45) is 2.93. The highest BCUT2D eigenvalue weighted by atomic mass is 35.5. The zero-order valence-electron chi connectivity index (χ0n) is 14.7. The summed E-state index contributed by atoms with van der Waals surface area (Å²) in [4.78, 5) is 16.8. The lowest BCUT2D eigenvalue weighted by Gasteiger charge is -2.05. The molecule has 0 radical (unpaired) electrons. The molecular formula is C19H14ClFN4O3. The topological polar surface area (TPSA) is 70.7 Å². The van der Waals surface area contributed by atoms with Gasteiger partial charge in [-0.15, -0.1) is 5.10 Å². The molecule has 4 rings (SSSR count). The van der Waals surface area contributed by atoms with Gasteiger partial charge in [0.25, 0.3) is 5.88 Å². The van der Waals surface area contributed by atoms with E-state index in [1.54, 1.807) is 30.3 Å². The van der Waals surface area contributed by atoms with Crippen molar-refractivity contribution in [2.75, 3.05) is 7.11 Å². The summed E-state index contributed by atoms with van der Waals surface area (Å²) < 4.78 is 27.1. The fourth-order valence-corrected chi connectivity index (χ4v) is 2.82. The van der Waals surface area contributed by atoms with Crippen molar-refractivity contribution in [2.24, 2.45) is 0 Å². The molecule has 0 aliphatic carbocycles. The van der Waals surface area contributed by atoms with E-state index in [4.69, 9.17) is 21.1 Å². The molecule has 4 aromatic rings. The van der Waals surface area contributed by atoms with Crippen molar-refractivity contribution < 1.29 is 13.9 Å². The van der Waals surface area contributed by atoms with E-state index < -0.39 is 11.5 Å². The molecule has 9 heteroatoms. The highest BCUT2D eigenvalue weighted by Gasteiger charge is 2.14. The van der Waals surface area contributed by atoms with Crippen LogP contribution >= 0.6 is 11.6 Å². The van der Waals surface area contributed by atoms with Crippen molar-refractivity contribution in [3.63, 3.8) is 0 Å². The maximum absolute atomic E-state index is 13.9. The van der Waals surface area contributed by atoms with Crippen LogP contribution in [-0.4, -0.2) is 26.3 Å². The Balaban J connectivity index is 1.69. The normalized spacial score (nSPS) is 11.0. The predicted octanol–water partition coefficient (Wildman–Crippen LogP) is 3.53. The summed E-state index contributed by atoms with van der Waals surface area (Å²) >= 11 is 5.87. The van der Waals surface area contributed by atoms with E-state index in [2.05, 4.69) is 10.1 Å². The lowest BCUT2D eigenvalue weighted by atomic mass is 10.2. The molecular weight excluding hydrogens is 387 g/mol. The maximum atomic E-state index is 13.9. The van der Waals surface area contributed by atoms with E-state index in [1.807, 2.05) is 0 Å². The van der Waals surface area contributed by atoms with Crippen molar-refractivity contribution >= 4 is 17.2 Å². The van der Waals surface area contributed by atoms with Gasteiger partial charge in [0.05, 0.1) is 13.7 Å². The summed E-state index contributed by atoms with van der Waals surface area (Å²) in [5, 5.41) is 4.87. The van der Waals surface area contributed by atoms with E-state index in [0.717, 1.165) is 0 Å². The van der Waals surface area contributed by atoms with E-state index in [0.29, 0.717) is 16.3 Å². The van der Waals surface area contributed by atoms with Crippen LogP contribution in [0.3, 0.4) is 0 Å². The van der Waals surface area contributed by atoms with E-state index in [9.17, 15) is 9.18 Å². The van der Waals surface area contributed by atoms with Crippen LogP contribution in [0.2, 0.25) is 5.02 Å². The smallest absolute Gasteiger partial charge is 0.350 e. The van der Waals surface area contributed by atoms with Crippen molar-refractivity contribution in [1.29, 1.82) is 0 Å². The van der Waals surface area contributed by atoms with Crippen LogP contribution in [0, 0.1) is 5.82 Å². The van der Waals surface area contributed by atoms with Crippen LogP contribution < -0.4 is 15.2 Å². The molecule has 0 aliphatic heterocycles. The largest absolute Gasteiger partial charge is 0.494 e. The van der Waals surface area contributed by atoms with Crippen LogP contribution in [0.5, 0.6) is 17.4 Å². The molecule has 2 aromatic carbocycles. The molecule has 0 N–H and O–H groups in total. The van der Waals surface area contributed by atoms with Gasteiger partial charge in [-0.2, -0.15) is 0 Å². The first-order valence-corrected chi connectivity index (χ1v) is 8.63. The van der Waals surface area contributed by atoms with Crippen molar-refractivity contribution in [2.45, 2.75) is 6.54 Å². The number of halogens is 2. The van der Waals surface area contributed by atoms with Gasteiger partial charge in [0.1, 0.15) is 5.75 Å². The Morgan fingerprint density at radius 1 is 1.18 bits per heavy atom. The van der Waals surface area contributed by atoms with Gasteiger partial charge in [-0.25, -0.2) is 23.3 Å². The number of ether oxygens (including phenoxy) is 2. The second-order valence-corrected chi connectivity index (χ2v) is 6.33. The number of rotatable bonds is 5. The molecule has 0 spiro atoms. The Kier molecular flexibility index (Phi) is 4.70. The Morgan fingerprint density at radius 3 is 2.68 bits per heavy atom. The van der Waals surface area contributed by atoms with Gasteiger partial charge >= 0.3 is 5.69 Å². The van der Waals surface area contributed by atoms with Gasteiger partial charge in [-0.1, -0.05) is 17.7 Å². The van der Waals surface area contributed by atoms with Gasteiger partial charge in [0.2, 0.25) is 5.65 Å². The van der Waals surface area contributed by atoms with Gasteiger partial charge in [0, 0.05) is 17.4 Å². The van der Waals surface area contributed by atoms with Gasteiger partial charge in [-0.3, -0.25) is 0 Å². The van der Waals surface area contributed by atoms with Crippen LogP contribution in [-0.2, 0) is 6.54 Å². The number of hydrogen-bond acceptors (Lipinski definition) is 5. The van der Waals surface area contributed by atoms with Crippen LogP contribution in [0.1, 0.15) is 5.56 Å². The predicted molar refractivity (Wildman–Crippen MR) is 101 cm³/mol. The third-order valence-electron chi connectivity index (χ3n) is 4.05. The third-order valence-corrected chi connectivity index (χ3v) is 4.30. The number of benzene rings is 2. The third kappa shape index (κ3) is 3.41. The standard InChI is InChI=1S/C19H14ClFN4O3/c1-27-16-7-2-12(10-15(16)21)11-25-19(26)24-9-8-22-18(17(24)23-25)28-14-5-3-13(20)4-6-14/h2-10H,11H2,1H3. The number of fused-ring (bicyclic) bond motifs is 1. The molecule has 142 valence electrons. The minimum absolute atomic E-state index is 0.0851. The Hall–Kier alpha value is -3.39. The number of hydrogen-bond donors (Lipinski definition) is 0. The fraction of sp³-hybridized carbons (Fsp3) is 0.105. The summed E-state index contributed by atoms with van der Waals surface area (Å²) in [6.45, 7) is 0.0851. The highest BCUT2D eigenvalue weighted by molar-refractivity contribution is 6.30. The lowest BCUT2D eigenvalue weighted by molar-refractivity contribution is 0.386. The fourth-order valence-electron chi connectivity index (χ4n) is 2.70. The van der Waals surface area contributed by atoms with Gasteiger partial charge in [0.15, 0.2) is 11.6 Å². The average Bonchev–Trinajstić information content (AvgIpc) is 3.01. The van der Waals surface area contributed by atoms with Crippen LogP contribution in [0.4, 0.5) is 4.39 Å². The summed E-state index contributed by atoms with van der Waals surface area (Å²) in [5.74, 6) is 0.296. The lowest BCUT2D eigenvalue weighted by Crippen LogP contribution is -2.21. The zero-order chi connectivity index (χ0) is 19.7. The summed E-state index contributed by atoms with van der Waals surface area (Å²) in [7, 11) is 1.39. The Morgan fingerprint density at radius 2 is 1.96 bits per heavy atom. The molecule has 0 aliphatic rings. The quantitative estimate of drug-likeness (QED) is 0.512. The molecule has 7 nitrogen and oxygen atoms in total. The van der Waals surface area contributed by atoms with E-state index in [-0.39, 0.29) is 23.8 Å². The summed E-state index contributed by atoms with van der Waals surface area (Å²) in [6, 6.07) is 11.2. The molecule has 0 unspecified atom stereocenters. The molecule has 2 aromatic heterocycles. The van der Waals surface area contributed by atoms with Crippen molar-refractivity contribution in [1.82, 2.24) is 19.2 Å². The first kappa shape index (κ1) is 18.0. The minimum atomic E-state index is -0.509.